The summed E-state index contributed by atoms with van der Waals surface area (Å²) in [7, 11) is 0. The highest BCUT2D eigenvalue weighted by Crippen LogP contribution is 2.05. The summed E-state index contributed by atoms with van der Waals surface area (Å²) in [6.07, 6.45) is 0.887. The number of hydrogen-bond donors (Lipinski definition) is 0. The van der Waals surface area contributed by atoms with E-state index >= 15 is 0 Å². The van der Waals surface area contributed by atoms with Crippen LogP contribution in [-0.2, 0) is 30.4 Å². The first kappa shape index (κ1) is 18.2. The van der Waals surface area contributed by atoms with Crippen LogP contribution in [0.15, 0.2) is 30.3 Å². The number of hydrogen-bond acceptors (Lipinski definition) is 5. The lowest BCUT2D eigenvalue weighted by atomic mass is 10.2. The molecule has 0 heterocycles. The number of benzene rings is 1. The Hall–Kier alpha value is -1.88. The van der Waals surface area contributed by atoms with Crippen molar-refractivity contribution in [3.8, 4) is 0 Å². The summed E-state index contributed by atoms with van der Waals surface area (Å²) in [5.41, 5.74) is 0.957. The molecular formula is C17H24O5. The van der Waals surface area contributed by atoms with E-state index in [4.69, 9.17) is 14.2 Å². The maximum Gasteiger partial charge on any atom is 0.308 e. The van der Waals surface area contributed by atoms with Crippen molar-refractivity contribution in [2.24, 2.45) is 0 Å². The van der Waals surface area contributed by atoms with Gasteiger partial charge >= 0.3 is 11.9 Å². The SMILES string of the molecule is CCOC(=O)CCCOC(C)CC(=O)OCc1ccccc1. The summed E-state index contributed by atoms with van der Waals surface area (Å²) in [4.78, 5) is 22.8. The molecule has 1 aromatic carbocycles. The molecule has 0 aromatic heterocycles. The Morgan fingerprint density at radius 1 is 1.09 bits per heavy atom. The Morgan fingerprint density at radius 2 is 1.82 bits per heavy atom. The molecule has 0 aliphatic carbocycles. The van der Waals surface area contributed by atoms with Crippen molar-refractivity contribution in [3.63, 3.8) is 0 Å². The Labute approximate surface area is 131 Å². The van der Waals surface area contributed by atoms with E-state index in [0.29, 0.717) is 26.1 Å². The van der Waals surface area contributed by atoms with Crippen LogP contribution < -0.4 is 0 Å². The lowest BCUT2D eigenvalue weighted by molar-refractivity contribution is -0.148. The zero-order valence-corrected chi connectivity index (χ0v) is 13.2. The number of ether oxygens (including phenoxy) is 3. The van der Waals surface area contributed by atoms with E-state index in [0.717, 1.165) is 5.56 Å². The smallest absolute Gasteiger partial charge is 0.308 e. The minimum Gasteiger partial charge on any atom is -0.466 e. The third-order valence-corrected chi connectivity index (χ3v) is 2.93. The molecule has 0 fully saturated rings. The van der Waals surface area contributed by atoms with Crippen LogP contribution in [-0.4, -0.2) is 31.3 Å². The Kier molecular flexibility index (Phi) is 8.91. The zero-order chi connectivity index (χ0) is 16.2. The molecule has 1 unspecified atom stereocenters. The van der Waals surface area contributed by atoms with E-state index in [9.17, 15) is 9.59 Å². The number of carbonyl (C=O) groups is 2. The molecular weight excluding hydrogens is 284 g/mol. The van der Waals surface area contributed by atoms with Crippen LogP contribution in [0.1, 0.15) is 38.7 Å². The molecule has 0 bridgehead atoms. The van der Waals surface area contributed by atoms with Crippen LogP contribution in [0.3, 0.4) is 0 Å². The average molecular weight is 308 g/mol. The topological polar surface area (TPSA) is 61.8 Å². The van der Waals surface area contributed by atoms with Gasteiger partial charge in [-0.3, -0.25) is 9.59 Å². The predicted molar refractivity (Wildman–Crippen MR) is 82.1 cm³/mol. The van der Waals surface area contributed by atoms with Gasteiger partial charge in [-0.15, -0.1) is 0 Å². The largest absolute Gasteiger partial charge is 0.466 e. The van der Waals surface area contributed by atoms with Crippen LogP contribution in [0.2, 0.25) is 0 Å². The molecule has 0 spiro atoms. The Balaban J connectivity index is 2.09. The molecule has 0 amide bonds. The predicted octanol–water partition coefficient (Wildman–Crippen LogP) is 2.87. The molecule has 0 N–H and O–H groups in total. The van der Waals surface area contributed by atoms with Gasteiger partial charge in [-0.2, -0.15) is 0 Å². The number of carbonyl (C=O) groups excluding carboxylic acids is 2. The molecule has 0 saturated carbocycles. The minimum atomic E-state index is -0.290. The van der Waals surface area contributed by atoms with Crippen molar-refractivity contribution in [3.05, 3.63) is 35.9 Å². The molecule has 22 heavy (non-hydrogen) atoms. The van der Waals surface area contributed by atoms with E-state index in [1.807, 2.05) is 37.3 Å². The highest BCUT2D eigenvalue weighted by molar-refractivity contribution is 5.70. The van der Waals surface area contributed by atoms with E-state index in [2.05, 4.69) is 0 Å². The molecule has 1 atom stereocenters. The van der Waals surface area contributed by atoms with E-state index in [-0.39, 0.29) is 31.1 Å². The van der Waals surface area contributed by atoms with E-state index in [1.165, 1.54) is 0 Å². The van der Waals surface area contributed by atoms with Crippen molar-refractivity contribution in [1.29, 1.82) is 0 Å². The van der Waals surface area contributed by atoms with Crippen molar-refractivity contribution in [1.82, 2.24) is 0 Å². The van der Waals surface area contributed by atoms with Gasteiger partial charge in [-0.1, -0.05) is 30.3 Å². The Morgan fingerprint density at radius 3 is 2.50 bits per heavy atom. The fourth-order valence-corrected chi connectivity index (χ4v) is 1.82. The summed E-state index contributed by atoms with van der Waals surface area (Å²) >= 11 is 0. The summed E-state index contributed by atoms with van der Waals surface area (Å²) in [5.74, 6) is -0.511. The normalized spacial score (nSPS) is 11.7. The van der Waals surface area contributed by atoms with Crippen LogP contribution in [0.5, 0.6) is 0 Å². The highest BCUT2D eigenvalue weighted by atomic mass is 16.5. The van der Waals surface area contributed by atoms with Gasteiger partial charge < -0.3 is 14.2 Å². The van der Waals surface area contributed by atoms with E-state index in [1.54, 1.807) is 6.92 Å². The maximum absolute atomic E-state index is 11.7. The van der Waals surface area contributed by atoms with E-state index < -0.39 is 0 Å². The molecule has 1 aromatic rings. The fraction of sp³-hybridized carbons (Fsp3) is 0.529. The second kappa shape index (κ2) is 10.8. The molecule has 0 aliphatic heterocycles. The zero-order valence-electron chi connectivity index (χ0n) is 13.2. The van der Waals surface area contributed by atoms with Gasteiger partial charge in [-0.05, 0) is 25.8 Å². The van der Waals surface area contributed by atoms with Crippen LogP contribution in [0.25, 0.3) is 0 Å². The second-order valence-electron chi connectivity index (χ2n) is 4.94. The van der Waals surface area contributed by atoms with Gasteiger partial charge in [0, 0.05) is 13.0 Å². The molecule has 5 nitrogen and oxygen atoms in total. The summed E-state index contributed by atoms with van der Waals surface area (Å²) in [6.45, 7) is 4.68. The van der Waals surface area contributed by atoms with Gasteiger partial charge in [0.25, 0.3) is 0 Å². The first-order valence-corrected chi connectivity index (χ1v) is 7.58. The number of rotatable bonds is 10. The fourth-order valence-electron chi connectivity index (χ4n) is 1.82. The highest BCUT2D eigenvalue weighted by Gasteiger charge is 2.11. The van der Waals surface area contributed by atoms with Crippen molar-refractivity contribution in [2.45, 2.75) is 45.8 Å². The van der Waals surface area contributed by atoms with Crippen LogP contribution in [0.4, 0.5) is 0 Å². The van der Waals surface area contributed by atoms with Crippen LogP contribution in [0, 0.1) is 0 Å². The minimum absolute atomic E-state index is 0.201. The van der Waals surface area contributed by atoms with Crippen LogP contribution >= 0.6 is 0 Å². The summed E-state index contributed by atoms with van der Waals surface area (Å²) < 4.78 is 15.5. The number of esters is 2. The first-order chi connectivity index (χ1) is 10.6. The summed E-state index contributed by atoms with van der Waals surface area (Å²) in [6, 6.07) is 9.53. The third-order valence-electron chi connectivity index (χ3n) is 2.93. The average Bonchev–Trinajstić information content (AvgIpc) is 2.51. The third kappa shape index (κ3) is 8.42. The monoisotopic (exact) mass is 308 g/mol. The first-order valence-electron chi connectivity index (χ1n) is 7.58. The van der Waals surface area contributed by atoms with Gasteiger partial charge in [-0.25, -0.2) is 0 Å². The van der Waals surface area contributed by atoms with Gasteiger partial charge in [0.1, 0.15) is 6.61 Å². The lowest BCUT2D eigenvalue weighted by Gasteiger charge is -2.12. The van der Waals surface area contributed by atoms with Crippen molar-refractivity contribution >= 4 is 11.9 Å². The van der Waals surface area contributed by atoms with Gasteiger partial charge in [0.2, 0.25) is 0 Å². The molecule has 1 rings (SSSR count). The Bertz CT molecular complexity index is 444. The molecule has 0 radical (unpaired) electrons. The standard InChI is InChI=1S/C17H24O5/c1-3-20-16(18)10-7-11-21-14(2)12-17(19)22-13-15-8-5-4-6-9-15/h4-6,8-9,14H,3,7,10-13H2,1-2H3. The molecule has 122 valence electrons. The van der Waals surface area contributed by atoms with Crippen molar-refractivity contribution in [2.75, 3.05) is 13.2 Å². The van der Waals surface area contributed by atoms with Gasteiger partial charge in [0.15, 0.2) is 0 Å². The lowest BCUT2D eigenvalue weighted by Crippen LogP contribution is -2.17. The maximum atomic E-state index is 11.7. The molecule has 0 aliphatic rings. The second-order valence-corrected chi connectivity index (χ2v) is 4.94. The van der Waals surface area contributed by atoms with Crippen molar-refractivity contribution < 1.29 is 23.8 Å². The molecule has 5 heteroatoms. The summed E-state index contributed by atoms with van der Waals surface area (Å²) in [5, 5.41) is 0. The quantitative estimate of drug-likeness (QED) is 0.491. The molecule has 0 saturated heterocycles. The van der Waals surface area contributed by atoms with Gasteiger partial charge in [0.05, 0.1) is 19.1 Å².